The van der Waals surface area contributed by atoms with Crippen molar-refractivity contribution in [2.45, 2.75) is 37.6 Å². The molecule has 9 heteroatoms. The number of aryl methyl sites for hydroxylation is 1. The van der Waals surface area contributed by atoms with Crippen molar-refractivity contribution >= 4 is 17.7 Å². The number of benzene rings is 3. The smallest absolute Gasteiger partial charge is 0.251 e. The van der Waals surface area contributed by atoms with Gasteiger partial charge in [0.15, 0.2) is 17.5 Å². The van der Waals surface area contributed by atoms with Crippen LogP contribution in [0.15, 0.2) is 78.9 Å². The Morgan fingerprint density at radius 1 is 0.946 bits per heavy atom. The Labute approximate surface area is 214 Å². The van der Waals surface area contributed by atoms with Crippen molar-refractivity contribution in [3.63, 3.8) is 0 Å². The Balaban J connectivity index is 1.26. The third-order valence-electron chi connectivity index (χ3n) is 6.19. The average molecular weight is 502 g/mol. The van der Waals surface area contributed by atoms with E-state index in [2.05, 4.69) is 16.0 Å². The maximum atomic E-state index is 13.3. The normalized spacial score (nSPS) is 18.2. The number of hydrogen-bond acceptors (Lipinski definition) is 6. The Hall–Kier alpha value is -4.53. The largest absolute Gasteiger partial charge is 0.468 e. The third kappa shape index (κ3) is 6.00. The number of amides is 3. The highest BCUT2D eigenvalue weighted by atomic mass is 16.7. The number of fused-ring (bicyclic) bond motifs is 1. The van der Waals surface area contributed by atoms with E-state index in [-0.39, 0.29) is 31.4 Å². The minimum absolute atomic E-state index is 0.137. The van der Waals surface area contributed by atoms with Gasteiger partial charge in [0.25, 0.3) is 5.91 Å². The summed E-state index contributed by atoms with van der Waals surface area (Å²) in [6.07, 6.45) is 0.263. The molecule has 190 valence electrons. The number of ether oxygens (including phenoxy) is 3. The average Bonchev–Trinajstić information content (AvgIpc) is 3.39. The molecule has 3 atom stereocenters. The number of para-hydroxylation sites is 1. The van der Waals surface area contributed by atoms with Crippen LogP contribution in [0.1, 0.15) is 17.5 Å². The number of rotatable bonds is 10. The molecule has 0 bridgehead atoms. The van der Waals surface area contributed by atoms with Gasteiger partial charge in [0.2, 0.25) is 24.8 Å². The van der Waals surface area contributed by atoms with Gasteiger partial charge in [0, 0.05) is 12.8 Å². The highest BCUT2D eigenvalue weighted by Gasteiger charge is 2.43. The topological polar surface area (TPSA) is 115 Å². The SMILES string of the molecule is O=C(CCc1ccccc1)N[C@@H](Cc1ccc2c(c1)OCO2)C(=O)N[C@@H]1C(=O)N[C@H]1Oc1ccccc1. The maximum absolute atomic E-state index is 13.3. The monoisotopic (exact) mass is 501 g/mol. The van der Waals surface area contributed by atoms with Crippen LogP contribution in [-0.2, 0) is 27.2 Å². The van der Waals surface area contributed by atoms with Crippen LogP contribution in [0.4, 0.5) is 0 Å². The second kappa shape index (κ2) is 11.0. The van der Waals surface area contributed by atoms with Crippen LogP contribution in [0.25, 0.3) is 0 Å². The zero-order chi connectivity index (χ0) is 25.6. The van der Waals surface area contributed by atoms with Gasteiger partial charge in [-0.3, -0.25) is 14.4 Å². The lowest BCUT2D eigenvalue weighted by Crippen LogP contribution is -2.72. The molecule has 3 aromatic carbocycles. The predicted molar refractivity (Wildman–Crippen MR) is 134 cm³/mol. The van der Waals surface area contributed by atoms with Crippen molar-refractivity contribution in [2.75, 3.05) is 6.79 Å². The minimum atomic E-state index is -0.908. The van der Waals surface area contributed by atoms with Gasteiger partial charge in [-0.05, 0) is 41.8 Å². The summed E-state index contributed by atoms with van der Waals surface area (Å²) in [4.78, 5) is 38.4. The van der Waals surface area contributed by atoms with Gasteiger partial charge in [-0.2, -0.15) is 0 Å². The van der Waals surface area contributed by atoms with Crippen LogP contribution in [0, 0.1) is 0 Å². The highest BCUT2D eigenvalue weighted by Crippen LogP contribution is 2.32. The van der Waals surface area contributed by atoms with Crippen LogP contribution in [0.5, 0.6) is 17.2 Å². The number of β-lactam (4-membered cyclic amide) rings is 1. The maximum Gasteiger partial charge on any atom is 0.251 e. The van der Waals surface area contributed by atoms with Crippen molar-refractivity contribution in [3.05, 3.63) is 90.0 Å². The van der Waals surface area contributed by atoms with Crippen molar-refractivity contribution in [2.24, 2.45) is 0 Å². The molecule has 1 saturated heterocycles. The molecule has 2 aliphatic rings. The molecule has 9 nitrogen and oxygen atoms in total. The molecule has 3 amide bonds. The van der Waals surface area contributed by atoms with Crippen LogP contribution >= 0.6 is 0 Å². The van der Waals surface area contributed by atoms with E-state index < -0.39 is 24.2 Å². The summed E-state index contributed by atoms with van der Waals surface area (Å²) < 4.78 is 16.6. The molecule has 2 heterocycles. The standard InChI is InChI=1S/C28H27N3O6/c32-24(14-12-18-7-3-1-4-8-18)29-21(15-19-11-13-22-23(16-19)36-17-35-22)26(33)30-25-27(34)31-28(25)37-20-9-5-2-6-10-20/h1-11,13,16,21,25,28H,12,14-15,17H2,(H,29,32)(H,30,33)(H,31,34)/t21-,25+,28-/m0/s1. The summed E-state index contributed by atoms with van der Waals surface area (Å²) in [5.41, 5.74) is 1.81. The Kier molecular flexibility index (Phi) is 7.21. The number of carbonyl (C=O) groups is 3. The molecular formula is C28H27N3O6. The van der Waals surface area contributed by atoms with Crippen molar-refractivity contribution in [3.8, 4) is 17.2 Å². The Morgan fingerprint density at radius 2 is 1.68 bits per heavy atom. The highest BCUT2D eigenvalue weighted by molar-refractivity contribution is 5.95. The first-order valence-corrected chi connectivity index (χ1v) is 12.1. The van der Waals surface area contributed by atoms with Crippen molar-refractivity contribution in [1.82, 2.24) is 16.0 Å². The predicted octanol–water partition coefficient (Wildman–Crippen LogP) is 2.10. The first-order valence-electron chi connectivity index (χ1n) is 12.1. The lowest BCUT2D eigenvalue weighted by atomic mass is 10.0. The molecule has 0 spiro atoms. The molecule has 5 rings (SSSR count). The van der Waals surface area contributed by atoms with Gasteiger partial charge < -0.3 is 30.2 Å². The molecule has 0 aliphatic carbocycles. The minimum Gasteiger partial charge on any atom is -0.468 e. The molecule has 0 aromatic heterocycles. The number of hydrogen-bond donors (Lipinski definition) is 3. The summed E-state index contributed by atoms with van der Waals surface area (Å²) in [5.74, 6) is 0.682. The zero-order valence-electron chi connectivity index (χ0n) is 20.0. The van der Waals surface area contributed by atoms with Crippen LogP contribution in [0.2, 0.25) is 0 Å². The molecule has 3 aromatic rings. The molecule has 3 N–H and O–H groups in total. The first kappa shape index (κ1) is 24.2. The van der Waals surface area contributed by atoms with Crippen molar-refractivity contribution in [1.29, 1.82) is 0 Å². The van der Waals surface area contributed by atoms with Crippen LogP contribution in [0.3, 0.4) is 0 Å². The Bertz CT molecular complexity index is 1270. The molecule has 1 fully saturated rings. The lowest BCUT2D eigenvalue weighted by Gasteiger charge is -2.37. The fourth-order valence-corrected chi connectivity index (χ4v) is 4.17. The van der Waals surface area contributed by atoms with E-state index in [4.69, 9.17) is 14.2 Å². The lowest BCUT2D eigenvalue weighted by molar-refractivity contribution is -0.144. The first-order chi connectivity index (χ1) is 18.0. The molecule has 2 aliphatic heterocycles. The van der Waals surface area contributed by atoms with Gasteiger partial charge >= 0.3 is 0 Å². The van der Waals surface area contributed by atoms with E-state index in [0.29, 0.717) is 23.7 Å². The summed E-state index contributed by atoms with van der Waals surface area (Å²) in [6.45, 7) is 0.137. The second-order valence-electron chi connectivity index (χ2n) is 8.84. The molecule has 0 radical (unpaired) electrons. The summed E-state index contributed by atoms with van der Waals surface area (Å²) in [5, 5.41) is 8.23. The quantitative estimate of drug-likeness (QED) is 0.367. The summed E-state index contributed by atoms with van der Waals surface area (Å²) in [7, 11) is 0. The van der Waals surface area contributed by atoms with Gasteiger partial charge in [0.05, 0.1) is 0 Å². The van der Waals surface area contributed by atoms with Gasteiger partial charge in [0.1, 0.15) is 11.8 Å². The third-order valence-corrected chi connectivity index (χ3v) is 6.19. The number of nitrogens with one attached hydrogen (secondary N) is 3. The van der Waals surface area contributed by atoms with E-state index in [0.717, 1.165) is 11.1 Å². The van der Waals surface area contributed by atoms with Crippen LogP contribution < -0.4 is 30.2 Å². The van der Waals surface area contributed by atoms with Gasteiger partial charge in [-0.25, -0.2) is 0 Å². The molecule has 0 saturated carbocycles. The molecule has 37 heavy (non-hydrogen) atoms. The Morgan fingerprint density at radius 3 is 2.43 bits per heavy atom. The van der Waals surface area contributed by atoms with E-state index >= 15 is 0 Å². The zero-order valence-corrected chi connectivity index (χ0v) is 20.0. The van der Waals surface area contributed by atoms with E-state index in [1.54, 1.807) is 24.3 Å². The van der Waals surface area contributed by atoms with Crippen LogP contribution in [-0.4, -0.2) is 42.8 Å². The number of carbonyl (C=O) groups excluding carboxylic acids is 3. The summed E-state index contributed by atoms with van der Waals surface area (Å²) in [6, 6.07) is 22.3. The summed E-state index contributed by atoms with van der Waals surface area (Å²) >= 11 is 0. The second-order valence-corrected chi connectivity index (χ2v) is 8.84. The van der Waals surface area contributed by atoms with Gasteiger partial charge in [-0.15, -0.1) is 0 Å². The van der Waals surface area contributed by atoms with E-state index in [9.17, 15) is 14.4 Å². The van der Waals surface area contributed by atoms with E-state index in [1.807, 2.05) is 54.6 Å². The van der Waals surface area contributed by atoms with Crippen molar-refractivity contribution < 1.29 is 28.6 Å². The fourth-order valence-electron chi connectivity index (χ4n) is 4.17. The van der Waals surface area contributed by atoms with Gasteiger partial charge in [-0.1, -0.05) is 54.6 Å². The fraction of sp³-hybridized carbons (Fsp3) is 0.250. The molecule has 0 unspecified atom stereocenters. The van der Waals surface area contributed by atoms with E-state index in [1.165, 1.54) is 0 Å². The molecular weight excluding hydrogens is 474 g/mol.